The van der Waals surface area contributed by atoms with Gasteiger partial charge in [0.15, 0.2) is 11.5 Å². The summed E-state index contributed by atoms with van der Waals surface area (Å²) in [5.41, 5.74) is 0.692. The second kappa shape index (κ2) is 8.65. The van der Waals surface area contributed by atoms with Gasteiger partial charge in [0.25, 0.3) is 0 Å². The zero-order chi connectivity index (χ0) is 20.9. The Hall–Kier alpha value is -3.22. The molecule has 0 saturated heterocycles. The van der Waals surface area contributed by atoms with E-state index in [4.69, 9.17) is 14.2 Å². The molecule has 2 rings (SSSR count). The fourth-order valence-corrected chi connectivity index (χ4v) is 2.54. The molecule has 2 amide bonds. The summed E-state index contributed by atoms with van der Waals surface area (Å²) in [5, 5.41) is 5.56. The number of para-hydroxylation sites is 1. The first kappa shape index (κ1) is 21.1. The van der Waals surface area contributed by atoms with E-state index in [0.29, 0.717) is 28.6 Å². The Morgan fingerprint density at radius 1 is 0.857 bits per heavy atom. The Morgan fingerprint density at radius 2 is 1.39 bits per heavy atom. The molecule has 7 nitrogen and oxygen atoms in total. The number of rotatable bonds is 7. The summed E-state index contributed by atoms with van der Waals surface area (Å²) in [4.78, 5) is 25.5. The Morgan fingerprint density at radius 3 is 1.89 bits per heavy atom. The summed E-state index contributed by atoms with van der Waals surface area (Å²) < 4.78 is 15.9. The van der Waals surface area contributed by atoms with Gasteiger partial charge in [0, 0.05) is 23.5 Å². The van der Waals surface area contributed by atoms with Crippen LogP contribution in [-0.2, 0) is 9.59 Å². The van der Waals surface area contributed by atoms with E-state index in [9.17, 15) is 9.59 Å². The predicted molar refractivity (Wildman–Crippen MR) is 108 cm³/mol. The Bertz CT molecular complexity index is 852. The van der Waals surface area contributed by atoms with Crippen molar-refractivity contribution in [2.45, 2.75) is 20.8 Å². The highest BCUT2D eigenvalue weighted by atomic mass is 16.5. The van der Waals surface area contributed by atoms with Crippen molar-refractivity contribution in [3.8, 4) is 17.2 Å². The van der Waals surface area contributed by atoms with Crippen molar-refractivity contribution in [3.63, 3.8) is 0 Å². The summed E-state index contributed by atoms with van der Waals surface area (Å²) in [6, 6.07) is 10.6. The van der Waals surface area contributed by atoms with Crippen LogP contribution in [0.4, 0.5) is 11.4 Å². The number of amides is 2. The largest absolute Gasteiger partial charge is 0.493 e. The molecule has 0 aliphatic carbocycles. The van der Waals surface area contributed by atoms with Crippen molar-refractivity contribution >= 4 is 23.2 Å². The number of carbonyl (C=O) groups is 2. The van der Waals surface area contributed by atoms with Gasteiger partial charge >= 0.3 is 0 Å². The minimum Gasteiger partial charge on any atom is -0.493 e. The van der Waals surface area contributed by atoms with Gasteiger partial charge in [-0.3, -0.25) is 9.59 Å². The number of hydrogen-bond donors (Lipinski definition) is 2. The van der Waals surface area contributed by atoms with Gasteiger partial charge in [-0.05, 0) is 32.4 Å². The third-order valence-corrected chi connectivity index (χ3v) is 4.45. The summed E-state index contributed by atoms with van der Waals surface area (Å²) in [5.74, 6) is 0.345. The molecule has 0 heterocycles. The van der Waals surface area contributed by atoms with E-state index < -0.39 is 17.2 Å². The van der Waals surface area contributed by atoms with E-state index in [1.54, 1.807) is 32.0 Å². The Balaban J connectivity index is 2.23. The summed E-state index contributed by atoms with van der Waals surface area (Å²) in [7, 11) is 4.47. The van der Waals surface area contributed by atoms with Gasteiger partial charge in [-0.2, -0.15) is 0 Å². The van der Waals surface area contributed by atoms with E-state index >= 15 is 0 Å². The summed E-state index contributed by atoms with van der Waals surface area (Å²) in [6.45, 7) is 5.01. The third-order valence-electron chi connectivity index (χ3n) is 4.45. The first-order chi connectivity index (χ1) is 13.2. The molecule has 0 unspecified atom stereocenters. The van der Waals surface area contributed by atoms with Crippen LogP contribution in [0.1, 0.15) is 19.4 Å². The maximum absolute atomic E-state index is 12.8. The molecular formula is C21H26N2O5. The van der Waals surface area contributed by atoms with Crippen LogP contribution in [0, 0.1) is 12.3 Å². The van der Waals surface area contributed by atoms with Crippen molar-refractivity contribution in [2.24, 2.45) is 5.41 Å². The molecule has 0 aliphatic heterocycles. The quantitative estimate of drug-likeness (QED) is 0.710. The van der Waals surface area contributed by atoms with Crippen LogP contribution in [0.2, 0.25) is 0 Å². The van der Waals surface area contributed by atoms with Crippen LogP contribution in [0.3, 0.4) is 0 Å². The highest BCUT2D eigenvalue weighted by Crippen LogP contribution is 2.40. The van der Waals surface area contributed by atoms with Crippen LogP contribution in [-0.4, -0.2) is 33.1 Å². The maximum atomic E-state index is 12.8. The lowest BCUT2D eigenvalue weighted by Crippen LogP contribution is -2.41. The lowest BCUT2D eigenvalue weighted by atomic mass is 9.90. The molecule has 2 N–H and O–H groups in total. The number of ether oxygens (including phenoxy) is 3. The highest BCUT2D eigenvalue weighted by molar-refractivity contribution is 6.14. The topological polar surface area (TPSA) is 85.9 Å². The molecule has 0 aromatic heterocycles. The number of methoxy groups -OCH3 is 3. The Kier molecular flexibility index (Phi) is 6.51. The minimum atomic E-state index is -1.32. The van der Waals surface area contributed by atoms with Gasteiger partial charge < -0.3 is 24.8 Å². The molecule has 2 aromatic carbocycles. The monoisotopic (exact) mass is 386 g/mol. The van der Waals surface area contributed by atoms with E-state index in [0.717, 1.165) is 5.56 Å². The number of nitrogens with one attached hydrogen (secondary N) is 2. The van der Waals surface area contributed by atoms with E-state index in [-0.39, 0.29) is 0 Å². The van der Waals surface area contributed by atoms with Crippen LogP contribution < -0.4 is 24.8 Å². The molecular weight excluding hydrogens is 360 g/mol. The van der Waals surface area contributed by atoms with Crippen LogP contribution in [0.15, 0.2) is 36.4 Å². The molecule has 0 atom stereocenters. The van der Waals surface area contributed by atoms with Gasteiger partial charge in [-0.15, -0.1) is 0 Å². The number of hydrogen-bond acceptors (Lipinski definition) is 5. The number of benzene rings is 2. The highest BCUT2D eigenvalue weighted by Gasteiger charge is 2.36. The molecule has 0 saturated carbocycles. The van der Waals surface area contributed by atoms with E-state index in [2.05, 4.69) is 10.6 Å². The Labute approximate surface area is 165 Å². The second-order valence-corrected chi connectivity index (χ2v) is 6.76. The first-order valence-corrected chi connectivity index (χ1v) is 8.73. The smallest absolute Gasteiger partial charge is 0.239 e. The SMILES string of the molecule is COc1cc(NC(=O)C(C)(C)C(=O)Nc2ccccc2C)cc(OC)c1OC. The van der Waals surface area contributed by atoms with E-state index in [1.807, 2.05) is 25.1 Å². The zero-order valence-electron chi connectivity index (χ0n) is 17.0. The van der Waals surface area contributed by atoms with E-state index in [1.165, 1.54) is 21.3 Å². The molecule has 0 bridgehead atoms. The molecule has 7 heteroatoms. The van der Waals surface area contributed by atoms with Crippen molar-refractivity contribution in [1.29, 1.82) is 0 Å². The lowest BCUT2D eigenvalue weighted by Gasteiger charge is -2.24. The predicted octanol–water partition coefficient (Wildman–Crippen LogP) is 3.62. The number of anilines is 2. The van der Waals surface area contributed by atoms with Crippen LogP contribution in [0.25, 0.3) is 0 Å². The van der Waals surface area contributed by atoms with Crippen molar-refractivity contribution in [1.82, 2.24) is 0 Å². The fourth-order valence-electron chi connectivity index (χ4n) is 2.54. The summed E-state index contributed by atoms with van der Waals surface area (Å²) >= 11 is 0. The first-order valence-electron chi connectivity index (χ1n) is 8.73. The summed E-state index contributed by atoms with van der Waals surface area (Å²) in [6.07, 6.45) is 0. The maximum Gasteiger partial charge on any atom is 0.239 e. The third kappa shape index (κ3) is 4.36. The molecule has 0 aliphatic rings. The average Bonchev–Trinajstić information content (AvgIpc) is 2.68. The molecule has 150 valence electrons. The van der Waals surface area contributed by atoms with Crippen molar-refractivity contribution in [2.75, 3.05) is 32.0 Å². The van der Waals surface area contributed by atoms with Crippen molar-refractivity contribution in [3.05, 3.63) is 42.0 Å². The molecule has 0 fully saturated rings. The molecule has 0 spiro atoms. The second-order valence-electron chi connectivity index (χ2n) is 6.76. The average molecular weight is 386 g/mol. The van der Waals surface area contributed by atoms with Crippen molar-refractivity contribution < 1.29 is 23.8 Å². The lowest BCUT2D eigenvalue weighted by molar-refractivity contribution is -0.135. The fraction of sp³-hybridized carbons (Fsp3) is 0.333. The molecule has 28 heavy (non-hydrogen) atoms. The minimum absolute atomic E-state index is 0.402. The van der Waals surface area contributed by atoms with Gasteiger partial charge in [0.1, 0.15) is 5.41 Å². The van der Waals surface area contributed by atoms with Gasteiger partial charge in [-0.25, -0.2) is 0 Å². The van der Waals surface area contributed by atoms with Gasteiger partial charge in [0.05, 0.1) is 21.3 Å². The number of aryl methyl sites for hydroxylation is 1. The standard InChI is InChI=1S/C21H26N2O5/c1-13-9-7-8-10-15(13)23-20(25)21(2,3)19(24)22-14-11-16(26-4)18(28-6)17(12-14)27-5/h7-12H,1-6H3,(H,22,24)(H,23,25). The number of carbonyl (C=O) groups excluding carboxylic acids is 2. The van der Waals surface area contributed by atoms with Crippen LogP contribution >= 0.6 is 0 Å². The molecule has 0 radical (unpaired) electrons. The normalized spacial score (nSPS) is 10.8. The van der Waals surface area contributed by atoms with Gasteiger partial charge in [-0.1, -0.05) is 18.2 Å². The zero-order valence-corrected chi connectivity index (χ0v) is 17.0. The molecule has 2 aromatic rings. The van der Waals surface area contributed by atoms with Crippen LogP contribution in [0.5, 0.6) is 17.2 Å². The van der Waals surface area contributed by atoms with Gasteiger partial charge in [0.2, 0.25) is 17.6 Å².